The summed E-state index contributed by atoms with van der Waals surface area (Å²) in [4.78, 5) is 25.5. The topological polar surface area (TPSA) is 77.8 Å². The van der Waals surface area contributed by atoms with Crippen molar-refractivity contribution in [3.63, 3.8) is 0 Å². The zero-order chi connectivity index (χ0) is 20.1. The van der Waals surface area contributed by atoms with E-state index in [0.29, 0.717) is 36.6 Å². The van der Waals surface area contributed by atoms with E-state index in [1.807, 2.05) is 12.1 Å². The Hall–Kier alpha value is -2.73. The number of benzene rings is 2. The van der Waals surface area contributed by atoms with Crippen LogP contribution in [0, 0.1) is 11.7 Å². The molecule has 0 radical (unpaired) electrons. The molecule has 28 heavy (non-hydrogen) atoms. The Kier molecular flexibility index (Phi) is 6.41. The number of likely N-dealkylation sites (tertiary alicyclic amines) is 1. The van der Waals surface area contributed by atoms with Crippen molar-refractivity contribution in [1.82, 2.24) is 4.90 Å². The molecule has 1 aliphatic heterocycles. The molecule has 3 rings (SSSR count). The summed E-state index contributed by atoms with van der Waals surface area (Å²) < 4.78 is 13.3. The van der Waals surface area contributed by atoms with Gasteiger partial charge in [0.15, 0.2) is 0 Å². The molecule has 1 saturated heterocycles. The number of piperidine rings is 1. The number of aliphatic hydroxyl groups is 1. The van der Waals surface area contributed by atoms with Crippen LogP contribution in [0.1, 0.15) is 46.9 Å². The van der Waals surface area contributed by atoms with Gasteiger partial charge in [-0.05, 0) is 54.5 Å². The van der Waals surface area contributed by atoms with Gasteiger partial charge in [0.05, 0.1) is 18.1 Å². The van der Waals surface area contributed by atoms with Crippen LogP contribution in [0.15, 0.2) is 48.5 Å². The van der Waals surface area contributed by atoms with Gasteiger partial charge in [-0.1, -0.05) is 30.3 Å². The van der Waals surface area contributed by atoms with Crippen LogP contribution in [-0.2, 0) is 11.2 Å². The molecule has 1 heterocycles. The van der Waals surface area contributed by atoms with Crippen LogP contribution in [0.3, 0.4) is 0 Å². The van der Waals surface area contributed by atoms with E-state index in [4.69, 9.17) is 0 Å². The highest BCUT2D eigenvalue weighted by atomic mass is 19.1. The van der Waals surface area contributed by atoms with Gasteiger partial charge in [-0.25, -0.2) is 9.18 Å². The molecule has 2 aromatic rings. The Bertz CT molecular complexity index is 846. The summed E-state index contributed by atoms with van der Waals surface area (Å²) in [7, 11) is 0. The van der Waals surface area contributed by atoms with Crippen molar-refractivity contribution in [1.29, 1.82) is 0 Å². The smallest absolute Gasteiger partial charge is 0.335 e. The number of carboxylic acid groups (broad SMARTS) is 1. The highest BCUT2D eigenvalue weighted by Crippen LogP contribution is 2.25. The van der Waals surface area contributed by atoms with E-state index in [9.17, 15) is 24.2 Å². The highest BCUT2D eigenvalue weighted by molar-refractivity contribution is 5.89. The van der Waals surface area contributed by atoms with Crippen LogP contribution in [-0.4, -0.2) is 40.1 Å². The van der Waals surface area contributed by atoms with Gasteiger partial charge in [-0.3, -0.25) is 4.79 Å². The Morgan fingerprint density at radius 1 is 1.11 bits per heavy atom. The summed E-state index contributed by atoms with van der Waals surface area (Å²) in [5.41, 5.74) is 1.55. The lowest BCUT2D eigenvalue weighted by atomic mass is 9.88. The molecule has 0 bridgehead atoms. The van der Waals surface area contributed by atoms with E-state index in [1.54, 1.807) is 23.1 Å². The summed E-state index contributed by atoms with van der Waals surface area (Å²) in [6, 6.07) is 12.7. The van der Waals surface area contributed by atoms with Crippen LogP contribution < -0.4 is 0 Å². The van der Waals surface area contributed by atoms with Crippen molar-refractivity contribution in [2.24, 2.45) is 5.92 Å². The van der Waals surface area contributed by atoms with Crippen LogP contribution in [0.4, 0.5) is 4.39 Å². The SMILES string of the molecule is O=C(O)c1ccccc1CC1CCN(C(=O)CC(O)c2cccc(F)c2)CC1. The van der Waals surface area contributed by atoms with E-state index in [0.717, 1.165) is 18.4 Å². The standard InChI is InChI=1S/C22H24FNO4/c23-18-6-3-5-17(13-18)20(25)14-21(26)24-10-8-15(9-11-24)12-16-4-1-2-7-19(16)22(27)28/h1-7,13,15,20,25H,8-12,14H2,(H,27,28). The van der Waals surface area contributed by atoms with Crippen molar-refractivity contribution in [2.45, 2.75) is 31.8 Å². The molecule has 148 valence electrons. The van der Waals surface area contributed by atoms with Crippen molar-refractivity contribution in [2.75, 3.05) is 13.1 Å². The number of carboxylic acids is 1. The third kappa shape index (κ3) is 4.95. The van der Waals surface area contributed by atoms with Gasteiger partial charge in [0, 0.05) is 13.1 Å². The minimum atomic E-state index is -1.02. The van der Waals surface area contributed by atoms with Crippen molar-refractivity contribution in [3.8, 4) is 0 Å². The number of carbonyl (C=O) groups excluding carboxylic acids is 1. The molecular weight excluding hydrogens is 361 g/mol. The molecular formula is C22H24FNO4. The Balaban J connectivity index is 1.52. The number of carbonyl (C=O) groups is 2. The van der Waals surface area contributed by atoms with Gasteiger partial charge in [0.1, 0.15) is 5.82 Å². The lowest BCUT2D eigenvalue weighted by Crippen LogP contribution is -2.39. The van der Waals surface area contributed by atoms with Gasteiger partial charge in [0.25, 0.3) is 0 Å². The lowest BCUT2D eigenvalue weighted by molar-refractivity contribution is -0.134. The number of amides is 1. The van der Waals surface area contributed by atoms with Gasteiger partial charge < -0.3 is 15.1 Å². The van der Waals surface area contributed by atoms with Crippen LogP contribution in [0.5, 0.6) is 0 Å². The monoisotopic (exact) mass is 385 g/mol. The molecule has 2 N–H and O–H groups in total. The predicted molar refractivity (Wildman–Crippen MR) is 102 cm³/mol. The second-order valence-electron chi connectivity index (χ2n) is 7.27. The van der Waals surface area contributed by atoms with E-state index in [1.165, 1.54) is 18.2 Å². The fourth-order valence-corrected chi connectivity index (χ4v) is 3.73. The first-order chi connectivity index (χ1) is 13.4. The van der Waals surface area contributed by atoms with Gasteiger partial charge >= 0.3 is 5.97 Å². The Morgan fingerprint density at radius 3 is 2.50 bits per heavy atom. The van der Waals surface area contributed by atoms with E-state index in [2.05, 4.69) is 0 Å². The fourth-order valence-electron chi connectivity index (χ4n) is 3.73. The van der Waals surface area contributed by atoms with E-state index in [-0.39, 0.29) is 12.3 Å². The van der Waals surface area contributed by atoms with Gasteiger partial charge in [0.2, 0.25) is 5.91 Å². The summed E-state index contributed by atoms with van der Waals surface area (Å²) in [6.07, 6.45) is 1.15. The molecule has 0 aliphatic carbocycles. The van der Waals surface area contributed by atoms with Crippen molar-refractivity contribution in [3.05, 3.63) is 71.0 Å². The molecule has 1 amide bonds. The van der Waals surface area contributed by atoms with E-state index < -0.39 is 17.9 Å². The summed E-state index contributed by atoms with van der Waals surface area (Å²) >= 11 is 0. The zero-order valence-corrected chi connectivity index (χ0v) is 15.6. The summed E-state index contributed by atoms with van der Waals surface area (Å²) in [5, 5.41) is 19.5. The van der Waals surface area contributed by atoms with Crippen molar-refractivity contribution < 1.29 is 24.2 Å². The van der Waals surface area contributed by atoms with E-state index >= 15 is 0 Å². The molecule has 0 spiro atoms. The number of hydrogen-bond donors (Lipinski definition) is 2. The number of nitrogens with zero attached hydrogens (tertiary/aromatic N) is 1. The van der Waals surface area contributed by atoms with Gasteiger partial charge in [-0.15, -0.1) is 0 Å². The van der Waals surface area contributed by atoms with Crippen LogP contribution in [0.25, 0.3) is 0 Å². The maximum absolute atomic E-state index is 13.3. The number of aliphatic hydroxyl groups excluding tert-OH is 1. The van der Waals surface area contributed by atoms with Crippen molar-refractivity contribution >= 4 is 11.9 Å². The van der Waals surface area contributed by atoms with Crippen LogP contribution in [0.2, 0.25) is 0 Å². The average Bonchev–Trinajstić information content (AvgIpc) is 2.68. The first kappa shape index (κ1) is 20.0. The first-order valence-corrected chi connectivity index (χ1v) is 9.46. The van der Waals surface area contributed by atoms with Crippen LogP contribution >= 0.6 is 0 Å². The largest absolute Gasteiger partial charge is 0.478 e. The molecule has 2 aromatic carbocycles. The third-order valence-corrected chi connectivity index (χ3v) is 5.33. The number of hydrogen-bond acceptors (Lipinski definition) is 3. The maximum atomic E-state index is 13.3. The number of rotatable bonds is 6. The Labute approximate surface area is 163 Å². The molecule has 0 saturated carbocycles. The quantitative estimate of drug-likeness (QED) is 0.799. The summed E-state index contributed by atoms with van der Waals surface area (Å²) in [6.45, 7) is 1.16. The second kappa shape index (κ2) is 8.97. The minimum Gasteiger partial charge on any atom is -0.478 e. The first-order valence-electron chi connectivity index (χ1n) is 9.46. The molecule has 5 nitrogen and oxygen atoms in total. The van der Waals surface area contributed by atoms with Gasteiger partial charge in [-0.2, -0.15) is 0 Å². The zero-order valence-electron chi connectivity index (χ0n) is 15.6. The minimum absolute atomic E-state index is 0.0734. The molecule has 1 unspecified atom stereocenters. The molecule has 1 fully saturated rings. The normalized spacial score (nSPS) is 16.0. The maximum Gasteiger partial charge on any atom is 0.335 e. The number of aromatic carboxylic acids is 1. The molecule has 0 aromatic heterocycles. The highest BCUT2D eigenvalue weighted by Gasteiger charge is 2.25. The third-order valence-electron chi connectivity index (χ3n) is 5.33. The predicted octanol–water partition coefficient (Wildman–Crippen LogP) is 3.43. The number of halogens is 1. The Morgan fingerprint density at radius 2 is 1.82 bits per heavy atom. The summed E-state index contributed by atoms with van der Waals surface area (Å²) in [5.74, 6) is -1.19. The molecule has 1 aliphatic rings. The lowest BCUT2D eigenvalue weighted by Gasteiger charge is -2.33. The molecule has 6 heteroatoms. The molecule has 1 atom stereocenters. The second-order valence-corrected chi connectivity index (χ2v) is 7.27. The average molecular weight is 385 g/mol. The fraction of sp³-hybridized carbons (Fsp3) is 0.364.